The molecule has 0 amide bonds. The third-order valence-corrected chi connectivity index (χ3v) is 8.42. The van der Waals surface area contributed by atoms with E-state index in [2.05, 4.69) is 39.1 Å². The number of piperidine rings is 1. The monoisotopic (exact) mass is 418 g/mol. The third kappa shape index (κ3) is 2.79. The molecule has 0 unspecified atom stereocenters. The molecule has 4 N–H and O–H groups in total. The highest BCUT2D eigenvalue weighted by Gasteiger charge is 2.50. The Morgan fingerprint density at radius 2 is 1.84 bits per heavy atom. The van der Waals surface area contributed by atoms with Gasteiger partial charge in [0.1, 0.15) is 5.39 Å². The fourth-order valence-electron chi connectivity index (χ4n) is 6.18. The van der Waals surface area contributed by atoms with Crippen molar-refractivity contribution in [2.24, 2.45) is 17.1 Å². The molecule has 3 aliphatic rings. The number of nitrogens with two attached hydrogens (primary N) is 1. The molecule has 1 aliphatic heterocycles. The second-order valence-electron chi connectivity index (χ2n) is 10.0. The Labute approximate surface area is 181 Å². The van der Waals surface area contributed by atoms with Gasteiger partial charge in [0.15, 0.2) is 5.65 Å². The molecule has 3 aromatic rings. The number of nitrogens with zero attached hydrogens (tertiary/aromatic N) is 3. The minimum absolute atomic E-state index is 0.0996. The summed E-state index contributed by atoms with van der Waals surface area (Å²) in [6, 6.07) is 10.6. The van der Waals surface area contributed by atoms with Gasteiger partial charge in [0, 0.05) is 24.5 Å². The molecule has 162 valence electrons. The molecule has 2 aliphatic carbocycles. The van der Waals surface area contributed by atoms with Crippen LogP contribution in [0.4, 0.5) is 5.95 Å². The number of anilines is 1. The quantitative estimate of drug-likeness (QED) is 0.606. The van der Waals surface area contributed by atoms with E-state index in [9.17, 15) is 4.79 Å². The van der Waals surface area contributed by atoms with E-state index in [1.807, 2.05) is 18.2 Å². The van der Waals surface area contributed by atoms with E-state index < -0.39 is 0 Å². The topological polar surface area (TPSA) is 104 Å². The zero-order valence-electron chi connectivity index (χ0n) is 18.0. The Bertz CT molecular complexity index is 1170. The summed E-state index contributed by atoms with van der Waals surface area (Å²) < 4.78 is 0. The predicted molar refractivity (Wildman–Crippen MR) is 121 cm³/mol. The smallest absolute Gasteiger partial charge is 0.263 e. The van der Waals surface area contributed by atoms with Crippen molar-refractivity contribution < 1.29 is 0 Å². The zero-order chi connectivity index (χ0) is 21.2. The molecule has 2 atom stereocenters. The predicted octanol–water partition coefficient (Wildman–Crippen LogP) is 3.07. The van der Waals surface area contributed by atoms with Crippen molar-refractivity contribution in [3.63, 3.8) is 0 Å². The summed E-state index contributed by atoms with van der Waals surface area (Å²) >= 11 is 0. The number of nitrogens with one attached hydrogen (secondary N) is 2. The third-order valence-electron chi connectivity index (χ3n) is 8.42. The minimum atomic E-state index is -0.164. The molecule has 31 heavy (non-hydrogen) atoms. The van der Waals surface area contributed by atoms with E-state index in [-0.39, 0.29) is 22.4 Å². The molecule has 7 heteroatoms. The summed E-state index contributed by atoms with van der Waals surface area (Å²) in [5, 5.41) is 8.25. The molecular weight excluding hydrogens is 388 g/mol. The van der Waals surface area contributed by atoms with E-state index in [4.69, 9.17) is 10.7 Å². The number of hydrogen-bond donors (Lipinski definition) is 3. The number of hydrogen-bond acceptors (Lipinski definition) is 5. The second kappa shape index (κ2) is 6.66. The fraction of sp³-hybridized carbons (Fsp3) is 0.542. The van der Waals surface area contributed by atoms with E-state index in [0.717, 1.165) is 44.5 Å². The SMILES string of the molecule is C[C@@H]1CCC2(CCN(c3nc4[nH]nc(C5(c6ccccc6)CC5)c4c(=O)[nH]3)CC2)[C@@H]1N. The molecule has 0 radical (unpaired) electrons. The highest BCUT2D eigenvalue weighted by Crippen LogP contribution is 2.54. The van der Waals surface area contributed by atoms with Crippen LogP contribution in [0, 0.1) is 11.3 Å². The summed E-state index contributed by atoms with van der Waals surface area (Å²) in [4.78, 5) is 23.2. The van der Waals surface area contributed by atoms with Crippen LogP contribution in [-0.2, 0) is 5.41 Å². The van der Waals surface area contributed by atoms with Crippen molar-refractivity contribution in [1.82, 2.24) is 20.2 Å². The number of aromatic amines is 2. The molecular formula is C24H30N6O. The van der Waals surface area contributed by atoms with Crippen LogP contribution in [0.3, 0.4) is 0 Å². The molecule has 3 fully saturated rings. The van der Waals surface area contributed by atoms with Gasteiger partial charge in [-0.2, -0.15) is 10.1 Å². The summed E-state index contributed by atoms with van der Waals surface area (Å²) in [7, 11) is 0. The highest BCUT2D eigenvalue weighted by molar-refractivity contribution is 5.80. The molecule has 0 bridgehead atoms. The van der Waals surface area contributed by atoms with Gasteiger partial charge in [-0.1, -0.05) is 37.3 Å². The molecule has 2 aromatic heterocycles. The number of H-pyrrole nitrogens is 2. The van der Waals surface area contributed by atoms with Crippen LogP contribution in [0.15, 0.2) is 35.1 Å². The van der Waals surface area contributed by atoms with E-state index in [1.165, 1.54) is 18.4 Å². The van der Waals surface area contributed by atoms with Gasteiger partial charge in [0.25, 0.3) is 5.56 Å². The zero-order valence-corrected chi connectivity index (χ0v) is 18.0. The van der Waals surface area contributed by atoms with E-state index in [0.29, 0.717) is 22.9 Å². The number of rotatable bonds is 3. The molecule has 3 heterocycles. The lowest BCUT2D eigenvalue weighted by molar-refractivity contribution is 0.185. The van der Waals surface area contributed by atoms with Crippen LogP contribution in [-0.4, -0.2) is 39.3 Å². The first kappa shape index (κ1) is 19.0. The van der Waals surface area contributed by atoms with Crippen LogP contribution >= 0.6 is 0 Å². The van der Waals surface area contributed by atoms with Crippen LogP contribution in [0.2, 0.25) is 0 Å². The van der Waals surface area contributed by atoms with Gasteiger partial charge in [0.05, 0.1) is 5.69 Å². The molecule has 2 saturated carbocycles. The molecule has 6 rings (SSSR count). The number of benzene rings is 1. The lowest BCUT2D eigenvalue weighted by Crippen LogP contribution is -2.49. The van der Waals surface area contributed by atoms with Gasteiger partial charge in [0.2, 0.25) is 5.95 Å². The highest BCUT2D eigenvalue weighted by atomic mass is 16.1. The maximum atomic E-state index is 13.2. The average molecular weight is 419 g/mol. The summed E-state index contributed by atoms with van der Waals surface area (Å²) in [5.41, 5.74) is 9.19. The summed E-state index contributed by atoms with van der Waals surface area (Å²) in [6.45, 7) is 4.03. The standard InChI is InChI=1S/C24H30N6O/c1-15-7-8-23(18(15)25)11-13-30(14-12-23)22-26-20-17(21(31)27-22)19(28-29-20)24(9-10-24)16-5-3-2-4-6-16/h2-6,15,18H,7-14,25H2,1H3,(H2,26,27,28,29,31)/t15-,18-/m1/s1. The molecule has 1 saturated heterocycles. The Morgan fingerprint density at radius 1 is 1.10 bits per heavy atom. The molecule has 7 nitrogen and oxygen atoms in total. The molecule has 1 aromatic carbocycles. The Morgan fingerprint density at radius 3 is 2.48 bits per heavy atom. The first-order valence-corrected chi connectivity index (χ1v) is 11.6. The Kier molecular flexibility index (Phi) is 4.09. The maximum Gasteiger partial charge on any atom is 0.263 e. The Hall–Kier alpha value is -2.67. The fourth-order valence-corrected chi connectivity index (χ4v) is 6.18. The molecule has 1 spiro atoms. The van der Waals surface area contributed by atoms with Gasteiger partial charge in [-0.3, -0.25) is 14.9 Å². The minimum Gasteiger partial charge on any atom is -0.342 e. The lowest BCUT2D eigenvalue weighted by atomic mass is 9.73. The number of aromatic nitrogens is 4. The summed E-state index contributed by atoms with van der Waals surface area (Å²) in [6.07, 6.45) is 6.58. The number of fused-ring (bicyclic) bond motifs is 1. The van der Waals surface area contributed by atoms with E-state index in [1.54, 1.807) is 0 Å². The maximum absolute atomic E-state index is 13.2. The second-order valence-corrected chi connectivity index (χ2v) is 10.0. The van der Waals surface area contributed by atoms with Crippen LogP contribution in [0.25, 0.3) is 11.0 Å². The van der Waals surface area contributed by atoms with Crippen LogP contribution in [0.1, 0.15) is 56.7 Å². The van der Waals surface area contributed by atoms with Crippen molar-refractivity contribution in [2.75, 3.05) is 18.0 Å². The first-order chi connectivity index (χ1) is 15.0. The van der Waals surface area contributed by atoms with Crippen LogP contribution in [0.5, 0.6) is 0 Å². The van der Waals surface area contributed by atoms with Crippen molar-refractivity contribution in [3.05, 3.63) is 51.9 Å². The van der Waals surface area contributed by atoms with Crippen molar-refractivity contribution in [1.29, 1.82) is 0 Å². The first-order valence-electron chi connectivity index (χ1n) is 11.6. The van der Waals surface area contributed by atoms with E-state index >= 15 is 0 Å². The van der Waals surface area contributed by atoms with Gasteiger partial charge in [-0.15, -0.1) is 0 Å². The van der Waals surface area contributed by atoms with Crippen LogP contribution < -0.4 is 16.2 Å². The van der Waals surface area contributed by atoms with Crippen molar-refractivity contribution in [3.8, 4) is 0 Å². The summed E-state index contributed by atoms with van der Waals surface area (Å²) in [5.74, 6) is 1.25. The average Bonchev–Trinajstić information content (AvgIpc) is 3.42. The largest absolute Gasteiger partial charge is 0.342 e. The van der Waals surface area contributed by atoms with Gasteiger partial charge < -0.3 is 10.6 Å². The normalized spacial score (nSPS) is 26.6. The Balaban J connectivity index is 1.30. The van der Waals surface area contributed by atoms with Crippen molar-refractivity contribution >= 4 is 17.0 Å². The van der Waals surface area contributed by atoms with Gasteiger partial charge in [-0.05, 0) is 55.4 Å². The van der Waals surface area contributed by atoms with Gasteiger partial charge in [-0.25, -0.2) is 0 Å². The van der Waals surface area contributed by atoms with Crippen molar-refractivity contribution in [2.45, 2.75) is 56.9 Å². The van der Waals surface area contributed by atoms with Gasteiger partial charge >= 0.3 is 0 Å². The lowest BCUT2D eigenvalue weighted by Gasteiger charge is -2.42.